The first-order valence-electron chi connectivity index (χ1n) is 5.72. The summed E-state index contributed by atoms with van der Waals surface area (Å²) in [6.45, 7) is 7.22. The van der Waals surface area contributed by atoms with Gasteiger partial charge < -0.3 is 14.5 Å². The molecule has 0 fully saturated rings. The van der Waals surface area contributed by atoms with Gasteiger partial charge in [0.15, 0.2) is 0 Å². The Morgan fingerprint density at radius 1 is 1.53 bits per heavy atom. The highest BCUT2D eigenvalue weighted by Crippen LogP contribution is 2.17. The standard InChI is InChI=1S/C12H20N2O2S/c1-4-7-14-9-8-13(5-2)12(14)16-11(15)6-10-17-3/h4,8-9,12H,1,5-7,10H2,2-3H3. The maximum atomic E-state index is 11.6. The van der Waals surface area contributed by atoms with Crippen LogP contribution in [0.4, 0.5) is 0 Å². The molecule has 0 amide bonds. The average Bonchev–Trinajstić information content (AvgIpc) is 2.70. The van der Waals surface area contributed by atoms with E-state index in [9.17, 15) is 4.79 Å². The van der Waals surface area contributed by atoms with E-state index in [4.69, 9.17) is 4.74 Å². The summed E-state index contributed by atoms with van der Waals surface area (Å²) in [7, 11) is 0. The van der Waals surface area contributed by atoms with Crippen LogP contribution in [0.5, 0.6) is 0 Å². The molecule has 1 atom stereocenters. The summed E-state index contributed by atoms with van der Waals surface area (Å²) in [6, 6.07) is 0. The summed E-state index contributed by atoms with van der Waals surface area (Å²) in [5, 5.41) is 0. The molecule has 0 aromatic heterocycles. The summed E-state index contributed by atoms with van der Waals surface area (Å²) < 4.78 is 5.47. The van der Waals surface area contributed by atoms with Gasteiger partial charge in [-0.25, -0.2) is 0 Å². The van der Waals surface area contributed by atoms with Crippen molar-refractivity contribution >= 4 is 17.7 Å². The van der Waals surface area contributed by atoms with Crippen molar-refractivity contribution in [2.75, 3.05) is 25.1 Å². The smallest absolute Gasteiger partial charge is 0.309 e. The maximum absolute atomic E-state index is 11.6. The first kappa shape index (κ1) is 14.0. The zero-order chi connectivity index (χ0) is 12.7. The second-order valence-electron chi connectivity index (χ2n) is 3.67. The van der Waals surface area contributed by atoms with Crippen LogP contribution >= 0.6 is 11.8 Å². The Morgan fingerprint density at radius 2 is 2.24 bits per heavy atom. The number of esters is 1. The summed E-state index contributed by atoms with van der Waals surface area (Å²) in [6.07, 6.45) is 7.79. The lowest BCUT2D eigenvalue weighted by Crippen LogP contribution is -2.42. The molecular weight excluding hydrogens is 236 g/mol. The Balaban J connectivity index is 2.52. The molecule has 1 heterocycles. The Hall–Kier alpha value is -1.10. The molecule has 0 spiro atoms. The summed E-state index contributed by atoms with van der Waals surface area (Å²) in [5.41, 5.74) is 0. The molecular formula is C12H20N2O2S. The van der Waals surface area contributed by atoms with Crippen LogP contribution in [0, 0.1) is 0 Å². The predicted molar refractivity (Wildman–Crippen MR) is 71.3 cm³/mol. The Kier molecular flexibility index (Phi) is 5.97. The predicted octanol–water partition coefficient (Wildman–Crippen LogP) is 1.86. The van der Waals surface area contributed by atoms with E-state index in [1.807, 2.05) is 35.4 Å². The molecule has 0 N–H and O–H groups in total. The molecule has 0 aromatic rings. The normalized spacial score (nSPS) is 18.6. The molecule has 0 aliphatic carbocycles. The highest BCUT2D eigenvalue weighted by Gasteiger charge is 2.27. The van der Waals surface area contributed by atoms with Gasteiger partial charge in [0.25, 0.3) is 6.35 Å². The van der Waals surface area contributed by atoms with E-state index in [2.05, 4.69) is 6.58 Å². The van der Waals surface area contributed by atoms with Crippen molar-refractivity contribution in [3.05, 3.63) is 25.1 Å². The third kappa shape index (κ3) is 4.00. The van der Waals surface area contributed by atoms with E-state index in [0.717, 1.165) is 12.3 Å². The largest absolute Gasteiger partial charge is 0.422 e. The summed E-state index contributed by atoms with van der Waals surface area (Å²) >= 11 is 1.65. The van der Waals surface area contributed by atoms with Crippen LogP contribution in [0.1, 0.15) is 13.3 Å². The van der Waals surface area contributed by atoms with E-state index in [-0.39, 0.29) is 12.3 Å². The molecule has 0 radical (unpaired) electrons. The fraction of sp³-hybridized carbons (Fsp3) is 0.583. The third-order valence-corrected chi connectivity index (χ3v) is 3.08. The first-order valence-corrected chi connectivity index (χ1v) is 7.11. The van der Waals surface area contributed by atoms with Gasteiger partial charge in [-0.05, 0) is 13.2 Å². The first-order chi connectivity index (χ1) is 8.22. The van der Waals surface area contributed by atoms with Crippen LogP contribution in [0.25, 0.3) is 0 Å². The molecule has 17 heavy (non-hydrogen) atoms. The lowest BCUT2D eigenvalue weighted by molar-refractivity contribution is -0.167. The minimum atomic E-state index is -0.313. The van der Waals surface area contributed by atoms with Gasteiger partial charge >= 0.3 is 5.97 Å². The number of hydrogen-bond donors (Lipinski definition) is 0. The van der Waals surface area contributed by atoms with E-state index in [1.165, 1.54) is 0 Å². The van der Waals surface area contributed by atoms with Gasteiger partial charge in [-0.3, -0.25) is 4.79 Å². The van der Waals surface area contributed by atoms with Crippen molar-refractivity contribution < 1.29 is 9.53 Å². The van der Waals surface area contributed by atoms with Gasteiger partial charge in [-0.1, -0.05) is 6.08 Å². The van der Waals surface area contributed by atoms with Crippen LogP contribution in [-0.2, 0) is 9.53 Å². The quantitative estimate of drug-likeness (QED) is 0.513. The molecule has 0 aromatic carbocycles. The number of thioether (sulfide) groups is 1. The fourth-order valence-electron chi connectivity index (χ4n) is 1.57. The van der Waals surface area contributed by atoms with E-state index in [1.54, 1.807) is 17.8 Å². The molecule has 1 aliphatic heterocycles. The molecule has 96 valence electrons. The monoisotopic (exact) mass is 256 g/mol. The fourth-order valence-corrected chi connectivity index (χ4v) is 1.94. The van der Waals surface area contributed by atoms with Crippen molar-refractivity contribution in [3.63, 3.8) is 0 Å². The van der Waals surface area contributed by atoms with Crippen molar-refractivity contribution in [2.45, 2.75) is 19.7 Å². The zero-order valence-corrected chi connectivity index (χ0v) is 11.3. The number of nitrogens with zero attached hydrogens (tertiary/aromatic N) is 2. The Labute approximate surface area is 107 Å². The van der Waals surface area contributed by atoms with Gasteiger partial charge in [-0.15, -0.1) is 6.58 Å². The minimum Gasteiger partial charge on any atom is -0.422 e. The highest BCUT2D eigenvalue weighted by atomic mass is 32.2. The number of hydrogen-bond acceptors (Lipinski definition) is 5. The average molecular weight is 256 g/mol. The van der Waals surface area contributed by atoms with Crippen LogP contribution in [0.2, 0.25) is 0 Å². The molecule has 1 unspecified atom stereocenters. The second kappa shape index (κ2) is 7.27. The second-order valence-corrected chi connectivity index (χ2v) is 4.66. The van der Waals surface area contributed by atoms with Gasteiger partial charge in [0.2, 0.25) is 0 Å². The van der Waals surface area contributed by atoms with Crippen molar-refractivity contribution in [1.82, 2.24) is 9.80 Å². The number of rotatable bonds is 7. The highest BCUT2D eigenvalue weighted by molar-refractivity contribution is 7.98. The lowest BCUT2D eigenvalue weighted by atomic mass is 10.5. The molecule has 0 bridgehead atoms. The summed E-state index contributed by atoms with van der Waals surface area (Å²) in [4.78, 5) is 15.6. The van der Waals surface area contributed by atoms with Crippen LogP contribution in [0.15, 0.2) is 25.1 Å². The third-order valence-electron chi connectivity index (χ3n) is 2.47. The van der Waals surface area contributed by atoms with Gasteiger partial charge in [0.05, 0.1) is 6.42 Å². The van der Waals surface area contributed by atoms with Crippen molar-refractivity contribution in [1.29, 1.82) is 0 Å². The van der Waals surface area contributed by atoms with Gasteiger partial charge in [0.1, 0.15) is 0 Å². The molecule has 1 rings (SSSR count). The molecule has 4 nitrogen and oxygen atoms in total. The van der Waals surface area contributed by atoms with Crippen molar-refractivity contribution in [3.8, 4) is 0 Å². The van der Waals surface area contributed by atoms with E-state index < -0.39 is 0 Å². The number of carbonyl (C=O) groups is 1. The van der Waals surface area contributed by atoms with Gasteiger partial charge in [0, 0.05) is 31.2 Å². The number of ether oxygens (including phenoxy) is 1. The van der Waals surface area contributed by atoms with E-state index >= 15 is 0 Å². The van der Waals surface area contributed by atoms with Crippen LogP contribution in [-0.4, -0.2) is 47.2 Å². The number of carbonyl (C=O) groups excluding carboxylic acids is 1. The van der Waals surface area contributed by atoms with Crippen LogP contribution in [0.3, 0.4) is 0 Å². The zero-order valence-electron chi connectivity index (χ0n) is 10.5. The summed E-state index contributed by atoms with van der Waals surface area (Å²) in [5.74, 6) is 0.646. The molecule has 1 aliphatic rings. The van der Waals surface area contributed by atoms with Crippen LogP contribution < -0.4 is 0 Å². The van der Waals surface area contributed by atoms with Gasteiger partial charge in [-0.2, -0.15) is 11.8 Å². The maximum Gasteiger partial charge on any atom is 0.309 e. The molecule has 0 saturated carbocycles. The molecule has 5 heteroatoms. The Bertz CT molecular complexity index is 294. The molecule has 0 saturated heterocycles. The topological polar surface area (TPSA) is 32.8 Å². The Morgan fingerprint density at radius 3 is 2.82 bits per heavy atom. The van der Waals surface area contributed by atoms with E-state index in [0.29, 0.717) is 13.0 Å². The van der Waals surface area contributed by atoms with Crippen molar-refractivity contribution in [2.24, 2.45) is 0 Å². The lowest BCUT2D eigenvalue weighted by Gasteiger charge is -2.30. The minimum absolute atomic E-state index is 0.152. The SMILES string of the molecule is C=CCN1C=CN(CC)C1OC(=O)CCSC.